The van der Waals surface area contributed by atoms with Gasteiger partial charge in [-0.05, 0) is 12.0 Å². The summed E-state index contributed by atoms with van der Waals surface area (Å²) in [5.74, 6) is 0. The Labute approximate surface area is 80.7 Å². The first-order valence-corrected chi connectivity index (χ1v) is 4.90. The third-order valence-electron chi connectivity index (χ3n) is 1.90. The molecule has 0 atom stereocenters. The molecule has 0 amide bonds. The topological polar surface area (TPSA) is 9.23 Å². The van der Waals surface area contributed by atoms with Gasteiger partial charge in [0.25, 0.3) is 0 Å². The van der Waals surface area contributed by atoms with Gasteiger partial charge in [-0.25, -0.2) is 0 Å². The Kier molecular flexibility index (Phi) is 5.27. The standard InChI is InChI=1S/C12H17O/c1-2-3-10-13-11-9-12-7-5-4-6-8-12/h4-8,11H,2-3,9-10H2,1H3. The van der Waals surface area contributed by atoms with E-state index in [4.69, 9.17) is 4.74 Å². The van der Waals surface area contributed by atoms with Gasteiger partial charge in [0.15, 0.2) is 0 Å². The molecule has 1 rings (SSSR count). The fourth-order valence-electron chi connectivity index (χ4n) is 1.08. The van der Waals surface area contributed by atoms with Crippen LogP contribution in [-0.2, 0) is 11.2 Å². The summed E-state index contributed by atoms with van der Waals surface area (Å²) >= 11 is 0. The molecule has 1 heteroatoms. The summed E-state index contributed by atoms with van der Waals surface area (Å²) in [5, 5.41) is 0. The second-order valence-corrected chi connectivity index (χ2v) is 3.08. The van der Waals surface area contributed by atoms with Crippen LogP contribution in [0.3, 0.4) is 0 Å². The number of rotatable bonds is 6. The first-order chi connectivity index (χ1) is 6.43. The molecule has 0 saturated heterocycles. The Balaban J connectivity index is 2.07. The average Bonchev–Trinajstić information content (AvgIpc) is 2.19. The average molecular weight is 177 g/mol. The van der Waals surface area contributed by atoms with Crippen LogP contribution in [0.5, 0.6) is 0 Å². The summed E-state index contributed by atoms with van der Waals surface area (Å²) in [6, 6.07) is 10.4. The minimum Gasteiger partial charge on any atom is -0.375 e. The molecule has 0 bridgehead atoms. The molecule has 0 aromatic heterocycles. The fourth-order valence-corrected chi connectivity index (χ4v) is 1.08. The third kappa shape index (κ3) is 4.69. The van der Waals surface area contributed by atoms with E-state index in [-0.39, 0.29) is 0 Å². The summed E-state index contributed by atoms with van der Waals surface area (Å²) in [4.78, 5) is 0. The van der Waals surface area contributed by atoms with Crippen LogP contribution in [0.15, 0.2) is 30.3 Å². The highest BCUT2D eigenvalue weighted by atomic mass is 16.5. The van der Waals surface area contributed by atoms with Crippen molar-refractivity contribution >= 4 is 0 Å². The van der Waals surface area contributed by atoms with Crippen LogP contribution < -0.4 is 0 Å². The van der Waals surface area contributed by atoms with E-state index in [2.05, 4.69) is 31.2 Å². The Morgan fingerprint density at radius 3 is 2.69 bits per heavy atom. The molecular formula is C12H17O. The van der Waals surface area contributed by atoms with E-state index >= 15 is 0 Å². The van der Waals surface area contributed by atoms with Crippen LogP contribution in [0.1, 0.15) is 25.3 Å². The summed E-state index contributed by atoms with van der Waals surface area (Å²) in [6.45, 7) is 4.91. The molecule has 0 heterocycles. The van der Waals surface area contributed by atoms with Crippen molar-refractivity contribution < 1.29 is 4.74 Å². The minimum absolute atomic E-state index is 0.851. The predicted molar refractivity (Wildman–Crippen MR) is 55.3 cm³/mol. The molecular weight excluding hydrogens is 160 g/mol. The smallest absolute Gasteiger partial charge is 0.0880 e. The van der Waals surface area contributed by atoms with Crippen molar-refractivity contribution in [3.8, 4) is 0 Å². The molecule has 0 saturated carbocycles. The molecule has 0 aliphatic carbocycles. The summed E-state index contributed by atoms with van der Waals surface area (Å²) in [5.41, 5.74) is 1.30. The predicted octanol–water partition coefficient (Wildman–Crippen LogP) is 3.21. The van der Waals surface area contributed by atoms with Gasteiger partial charge in [0.05, 0.1) is 6.61 Å². The maximum absolute atomic E-state index is 5.35. The number of hydrogen-bond donors (Lipinski definition) is 0. The van der Waals surface area contributed by atoms with Crippen LogP contribution in [0.2, 0.25) is 0 Å². The molecule has 71 valence electrons. The number of ether oxygens (including phenoxy) is 1. The SMILES string of the molecule is CCCCO[CH]Cc1ccccc1. The van der Waals surface area contributed by atoms with Crippen molar-refractivity contribution in [2.45, 2.75) is 26.2 Å². The summed E-state index contributed by atoms with van der Waals surface area (Å²) in [6.07, 6.45) is 3.25. The van der Waals surface area contributed by atoms with E-state index in [1.54, 1.807) is 0 Å². The van der Waals surface area contributed by atoms with E-state index in [1.807, 2.05) is 12.7 Å². The Morgan fingerprint density at radius 2 is 2.00 bits per heavy atom. The van der Waals surface area contributed by atoms with Crippen molar-refractivity contribution in [1.82, 2.24) is 0 Å². The van der Waals surface area contributed by atoms with Gasteiger partial charge in [0, 0.05) is 13.0 Å². The Hall–Kier alpha value is -0.820. The normalized spacial score (nSPS) is 10.2. The zero-order valence-electron chi connectivity index (χ0n) is 8.20. The van der Waals surface area contributed by atoms with Crippen LogP contribution in [0.4, 0.5) is 0 Å². The molecule has 0 N–H and O–H groups in total. The lowest BCUT2D eigenvalue weighted by Crippen LogP contribution is -1.93. The van der Waals surface area contributed by atoms with Crippen LogP contribution in [-0.4, -0.2) is 6.61 Å². The molecule has 1 aromatic carbocycles. The second-order valence-electron chi connectivity index (χ2n) is 3.08. The van der Waals surface area contributed by atoms with Crippen molar-refractivity contribution in [2.24, 2.45) is 0 Å². The lowest BCUT2D eigenvalue weighted by Gasteiger charge is -2.01. The van der Waals surface area contributed by atoms with Crippen molar-refractivity contribution in [3.05, 3.63) is 42.5 Å². The molecule has 1 radical (unpaired) electrons. The third-order valence-corrected chi connectivity index (χ3v) is 1.90. The number of hydrogen-bond acceptors (Lipinski definition) is 1. The van der Waals surface area contributed by atoms with Crippen LogP contribution in [0.25, 0.3) is 0 Å². The highest BCUT2D eigenvalue weighted by Crippen LogP contribution is 2.02. The minimum atomic E-state index is 0.851. The lowest BCUT2D eigenvalue weighted by atomic mass is 10.2. The first kappa shape index (κ1) is 10.3. The lowest BCUT2D eigenvalue weighted by molar-refractivity contribution is 0.192. The van der Waals surface area contributed by atoms with E-state index in [9.17, 15) is 0 Å². The van der Waals surface area contributed by atoms with Gasteiger partial charge in [-0.2, -0.15) is 0 Å². The van der Waals surface area contributed by atoms with E-state index in [0.29, 0.717) is 0 Å². The van der Waals surface area contributed by atoms with Gasteiger partial charge in [-0.1, -0.05) is 43.7 Å². The number of unbranched alkanes of at least 4 members (excludes halogenated alkanes) is 1. The maximum Gasteiger partial charge on any atom is 0.0880 e. The molecule has 0 spiro atoms. The van der Waals surface area contributed by atoms with E-state index in [0.717, 1.165) is 19.4 Å². The molecule has 13 heavy (non-hydrogen) atoms. The van der Waals surface area contributed by atoms with Gasteiger partial charge < -0.3 is 4.74 Å². The maximum atomic E-state index is 5.35. The zero-order chi connectivity index (χ0) is 9.36. The van der Waals surface area contributed by atoms with Gasteiger partial charge in [0.1, 0.15) is 0 Å². The molecule has 0 unspecified atom stereocenters. The van der Waals surface area contributed by atoms with Crippen molar-refractivity contribution in [3.63, 3.8) is 0 Å². The Morgan fingerprint density at radius 1 is 1.23 bits per heavy atom. The molecule has 0 aliphatic rings. The monoisotopic (exact) mass is 177 g/mol. The quantitative estimate of drug-likeness (QED) is 0.606. The van der Waals surface area contributed by atoms with E-state index in [1.165, 1.54) is 12.0 Å². The highest BCUT2D eigenvalue weighted by Gasteiger charge is 1.91. The molecule has 0 fully saturated rings. The molecule has 0 aliphatic heterocycles. The fraction of sp³-hybridized carbons (Fsp3) is 0.417. The van der Waals surface area contributed by atoms with Gasteiger partial charge in [-0.3, -0.25) is 0 Å². The van der Waals surface area contributed by atoms with Gasteiger partial charge in [-0.15, -0.1) is 0 Å². The van der Waals surface area contributed by atoms with E-state index < -0.39 is 0 Å². The van der Waals surface area contributed by atoms with Gasteiger partial charge >= 0.3 is 0 Å². The largest absolute Gasteiger partial charge is 0.375 e. The highest BCUT2D eigenvalue weighted by molar-refractivity contribution is 5.15. The van der Waals surface area contributed by atoms with Crippen LogP contribution >= 0.6 is 0 Å². The van der Waals surface area contributed by atoms with Gasteiger partial charge in [0.2, 0.25) is 0 Å². The van der Waals surface area contributed by atoms with Crippen molar-refractivity contribution in [1.29, 1.82) is 0 Å². The Bertz CT molecular complexity index is 206. The van der Waals surface area contributed by atoms with Crippen molar-refractivity contribution in [2.75, 3.05) is 6.61 Å². The number of benzene rings is 1. The van der Waals surface area contributed by atoms with Crippen LogP contribution in [0, 0.1) is 6.61 Å². The second kappa shape index (κ2) is 6.67. The summed E-state index contributed by atoms with van der Waals surface area (Å²) in [7, 11) is 0. The zero-order valence-corrected chi connectivity index (χ0v) is 8.20. The summed E-state index contributed by atoms with van der Waals surface area (Å²) < 4.78 is 5.35. The molecule has 1 nitrogen and oxygen atoms in total. The first-order valence-electron chi connectivity index (χ1n) is 4.90. The molecule has 1 aromatic rings.